The molecule has 0 fully saturated rings. The van der Waals surface area contributed by atoms with Crippen LogP contribution in [0.3, 0.4) is 0 Å². The van der Waals surface area contributed by atoms with Gasteiger partial charge in [0.25, 0.3) is 0 Å². The molecule has 18 heavy (non-hydrogen) atoms. The molecule has 0 radical (unpaired) electrons. The number of anilines is 2. The Morgan fingerprint density at radius 3 is 2.67 bits per heavy atom. The number of nitrogen functional groups attached to an aromatic ring is 1. The molecule has 0 aromatic heterocycles. The summed E-state index contributed by atoms with van der Waals surface area (Å²) < 4.78 is 5.54. The molecule has 0 aliphatic heterocycles. The van der Waals surface area contributed by atoms with Crippen molar-refractivity contribution in [3.63, 3.8) is 0 Å². The third-order valence-corrected chi connectivity index (χ3v) is 3.80. The van der Waals surface area contributed by atoms with Crippen LogP contribution in [0.15, 0.2) is 18.2 Å². The zero-order valence-electron chi connectivity index (χ0n) is 11.8. The molecule has 0 saturated heterocycles. The van der Waals surface area contributed by atoms with Crippen LogP contribution >= 0.6 is 11.8 Å². The van der Waals surface area contributed by atoms with E-state index in [0.29, 0.717) is 18.3 Å². The van der Waals surface area contributed by atoms with Crippen molar-refractivity contribution in [3.05, 3.63) is 18.2 Å². The molecular formula is C14H24N2OS. The van der Waals surface area contributed by atoms with Crippen molar-refractivity contribution in [2.45, 2.75) is 26.3 Å². The third-order valence-electron chi connectivity index (χ3n) is 3.08. The number of benzene rings is 1. The highest BCUT2D eigenvalue weighted by atomic mass is 32.2. The fraction of sp³-hybridized carbons (Fsp3) is 0.571. The average molecular weight is 268 g/mol. The lowest BCUT2D eigenvalue weighted by Crippen LogP contribution is -2.33. The lowest BCUT2D eigenvalue weighted by molar-refractivity contribution is 0.342. The lowest BCUT2D eigenvalue weighted by atomic mass is 10.2. The Hall–Kier alpha value is -1.03. The van der Waals surface area contributed by atoms with Crippen LogP contribution in [0.5, 0.6) is 5.75 Å². The van der Waals surface area contributed by atoms with E-state index in [4.69, 9.17) is 10.5 Å². The second kappa shape index (κ2) is 7.41. The van der Waals surface area contributed by atoms with Crippen molar-refractivity contribution >= 4 is 23.1 Å². The van der Waals surface area contributed by atoms with E-state index in [1.165, 1.54) is 0 Å². The van der Waals surface area contributed by atoms with E-state index in [0.717, 1.165) is 23.6 Å². The molecule has 1 unspecified atom stereocenters. The Labute approximate surface area is 115 Å². The number of hydrogen-bond donors (Lipinski definition) is 1. The van der Waals surface area contributed by atoms with Gasteiger partial charge < -0.3 is 15.4 Å². The maximum absolute atomic E-state index is 5.90. The minimum Gasteiger partial charge on any atom is -0.492 e. The first-order chi connectivity index (χ1) is 8.63. The van der Waals surface area contributed by atoms with E-state index in [-0.39, 0.29) is 0 Å². The molecule has 3 nitrogen and oxygen atoms in total. The first-order valence-electron chi connectivity index (χ1n) is 6.38. The second-order valence-corrected chi connectivity index (χ2v) is 5.19. The highest BCUT2D eigenvalue weighted by Crippen LogP contribution is 2.29. The second-order valence-electron chi connectivity index (χ2n) is 4.28. The summed E-state index contributed by atoms with van der Waals surface area (Å²) in [6.07, 6.45) is 3.27. The van der Waals surface area contributed by atoms with Gasteiger partial charge in [-0.25, -0.2) is 0 Å². The van der Waals surface area contributed by atoms with Crippen molar-refractivity contribution in [1.82, 2.24) is 0 Å². The lowest BCUT2D eigenvalue weighted by Gasteiger charge is -2.29. The van der Waals surface area contributed by atoms with Gasteiger partial charge >= 0.3 is 0 Å². The average Bonchev–Trinajstić information content (AvgIpc) is 2.38. The Morgan fingerprint density at radius 2 is 2.11 bits per heavy atom. The summed E-state index contributed by atoms with van der Waals surface area (Å²) in [7, 11) is 2.13. The van der Waals surface area contributed by atoms with Gasteiger partial charge in [0.1, 0.15) is 5.75 Å². The van der Waals surface area contributed by atoms with Gasteiger partial charge in [0.15, 0.2) is 0 Å². The van der Waals surface area contributed by atoms with E-state index in [9.17, 15) is 0 Å². The van der Waals surface area contributed by atoms with Gasteiger partial charge in [0.2, 0.25) is 0 Å². The summed E-state index contributed by atoms with van der Waals surface area (Å²) in [5.41, 5.74) is 7.76. The van der Waals surface area contributed by atoms with Gasteiger partial charge in [0.05, 0.1) is 12.3 Å². The van der Waals surface area contributed by atoms with Crippen LogP contribution in [-0.2, 0) is 0 Å². The van der Waals surface area contributed by atoms with Crippen molar-refractivity contribution in [1.29, 1.82) is 0 Å². The smallest absolute Gasteiger partial charge is 0.144 e. The molecule has 1 rings (SSSR count). The van der Waals surface area contributed by atoms with Gasteiger partial charge in [-0.2, -0.15) is 11.8 Å². The van der Waals surface area contributed by atoms with E-state index in [1.807, 2.05) is 30.8 Å². The van der Waals surface area contributed by atoms with E-state index in [1.54, 1.807) is 0 Å². The van der Waals surface area contributed by atoms with Gasteiger partial charge in [0, 0.05) is 30.6 Å². The van der Waals surface area contributed by atoms with Crippen molar-refractivity contribution < 1.29 is 4.74 Å². The molecule has 0 aliphatic carbocycles. The van der Waals surface area contributed by atoms with Crippen LogP contribution in [0.1, 0.15) is 20.3 Å². The van der Waals surface area contributed by atoms with E-state index < -0.39 is 0 Å². The Morgan fingerprint density at radius 1 is 1.39 bits per heavy atom. The Bertz CT molecular complexity index is 371. The molecule has 0 bridgehead atoms. The molecule has 0 saturated carbocycles. The number of hydrogen-bond acceptors (Lipinski definition) is 4. The van der Waals surface area contributed by atoms with E-state index in [2.05, 4.69) is 31.2 Å². The molecule has 1 aromatic rings. The highest BCUT2D eigenvalue weighted by molar-refractivity contribution is 7.98. The van der Waals surface area contributed by atoms with Gasteiger partial charge in [-0.3, -0.25) is 0 Å². The Kier molecular flexibility index (Phi) is 6.19. The molecule has 0 amide bonds. The predicted molar refractivity (Wildman–Crippen MR) is 82.9 cm³/mol. The van der Waals surface area contributed by atoms with Gasteiger partial charge in [-0.15, -0.1) is 0 Å². The number of rotatable bonds is 7. The molecule has 1 atom stereocenters. The molecule has 0 spiro atoms. The fourth-order valence-electron chi connectivity index (χ4n) is 1.93. The summed E-state index contributed by atoms with van der Waals surface area (Å²) >= 11 is 1.88. The quantitative estimate of drug-likeness (QED) is 0.770. The number of nitrogens with zero attached hydrogens (tertiary/aromatic N) is 1. The summed E-state index contributed by atoms with van der Waals surface area (Å²) in [6.45, 7) is 4.83. The molecule has 0 heterocycles. The standard InChI is InChI=1S/C14H24N2OS/c1-5-11(10-18-4)16(3)12-7-8-13(15)14(9-12)17-6-2/h7-9,11H,5-6,10,15H2,1-4H3. The maximum Gasteiger partial charge on any atom is 0.144 e. The zero-order chi connectivity index (χ0) is 13.5. The first-order valence-corrected chi connectivity index (χ1v) is 7.77. The molecular weight excluding hydrogens is 244 g/mol. The van der Waals surface area contributed by atoms with Gasteiger partial charge in [-0.05, 0) is 31.7 Å². The van der Waals surface area contributed by atoms with E-state index >= 15 is 0 Å². The van der Waals surface area contributed by atoms with Crippen molar-refractivity contribution in [2.24, 2.45) is 0 Å². The largest absolute Gasteiger partial charge is 0.492 e. The monoisotopic (exact) mass is 268 g/mol. The highest BCUT2D eigenvalue weighted by Gasteiger charge is 2.14. The van der Waals surface area contributed by atoms with Crippen LogP contribution in [0.4, 0.5) is 11.4 Å². The normalized spacial score (nSPS) is 12.2. The fourth-order valence-corrected chi connectivity index (χ4v) is 2.77. The van der Waals surface area contributed by atoms with Crippen LogP contribution in [0, 0.1) is 0 Å². The molecule has 4 heteroatoms. The third kappa shape index (κ3) is 3.73. The van der Waals surface area contributed by atoms with Crippen molar-refractivity contribution in [2.75, 3.05) is 36.3 Å². The summed E-state index contributed by atoms with van der Waals surface area (Å²) in [6, 6.07) is 6.55. The zero-order valence-corrected chi connectivity index (χ0v) is 12.6. The minimum atomic E-state index is 0.540. The topological polar surface area (TPSA) is 38.5 Å². The number of thioether (sulfide) groups is 1. The predicted octanol–water partition coefficient (Wildman–Crippen LogP) is 3.25. The summed E-state index contributed by atoms with van der Waals surface area (Å²) in [4.78, 5) is 2.30. The summed E-state index contributed by atoms with van der Waals surface area (Å²) in [5.74, 6) is 1.90. The SMILES string of the molecule is CCOc1cc(N(C)C(CC)CSC)ccc1N. The van der Waals surface area contributed by atoms with Gasteiger partial charge in [-0.1, -0.05) is 6.92 Å². The van der Waals surface area contributed by atoms with Crippen LogP contribution < -0.4 is 15.4 Å². The summed E-state index contributed by atoms with van der Waals surface area (Å²) in [5, 5.41) is 0. The molecule has 1 aromatic carbocycles. The number of nitrogens with two attached hydrogens (primary N) is 1. The first kappa shape index (κ1) is 15.0. The van der Waals surface area contributed by atoms with Crippen LogP contribution in [0.2, 0.25) is 0 Å². The minimum absolute atomic E-state index is 0.540. The molecule has 0 aliphatic rings. The molecule has 102 valence electrons. The molecule has 2 N–H and O–H groups in total. The van der Waals surface area contributed by atoms with Crippen molar-refractivity contribution in [3.8, 4) is 5.75 Å². The number of ether oxygens (including phenoxy) is 1. The Balaban J connectivity index is 2.90. The maximum atomic E-state index is 5.90. The van der Waals surface area contributed by atoms with Crippen LogP contribution in [0.25, 0.3) is 0 Å². The van der Waals surface area contributed by atoms with Crippen LogP contribution in [-0.4, -0.2) is 31.7 Å².